The highest BCUT2D eigenvalue weighted by molar-refractivity contribution is 7.09. The van der Waals surface area contributed by atoms with Gasteiger partial charge in [0, 0.05) is 32.1 Å². The number of aryl methyl sites for hydroxylation is 1. The first-order chi connectivity index (χ1) is 9.78. The molecule has 1 saturated heterocycles. The Morgan fingerprint density at radius 1 is 1.40 bits per heavy atom. The molecule has 1 aliphatic heterocycles. The second-order valence-corrected chi connectivity index (χ2v) is 6.05. The van der Waals surface area contributed by atoms with Crippen molar-refractivity contribution in [3.8, 4) is 0 Å². The van der Waals surface area contributed by atoms with Gasteiger partial charge in [0.25, 0.3) is 0 Å². The van der Waals surface area contributed by atoms with Crippen molar-refractivity contribution in [3.63, 3.8) is 0 Å². The number of hydrogen-bond acceptors (Lipinski definition) is 6. The molecule has 1 aromatic rings. The molecular formula is C14H24N2O3S. The average molecular weight is 300 g/mol. The van der Waals surface area contributed by atoms with E-state index >= 15 is 0 Å². The first-order valence-corrected chi connectivity index (χ1v) is 7.97. The molecule has 2 heterocycles. The summed E-state index contributed by atoms with van der Waals surface area (Å²) in [5, 5.41) is 3.18. The minimum atomic E-state index is 0.330. The maximum atomic E-state index is 5.92. The van der Waals surface area contributed by atoms with Gasteiger partial charge >= 0.3 is 0 Å². The summed E-state index contributed by atoms with van der Waals surface area (Å²) < 4.78 is 16.3. The summed E-state index contributed by atoms with van der Waals surface area (Å²) in [4.78, 5) is 6.81. The standard InChI is InChI=1S/C14H24N2O3S/c1-12-15-13(11-20-12)10-19-14-3-4-16(9-14)5-6-18-8-7-17-2/h11,14H,3-10H2,1-2H3/t14-/m0/s1. The van der Waals surface area contributed by atoms with E-state index in [0.29, 0.717) is 25.9 Å². The molecule has 0 amide bonds. The molecule has 2 rings (SSSR count). The van der Waals surface area contributed by atoms with Crippen LogP contribution >= 0.6 is 11.3 Å². The summed E-state index contributed by atoms with van der Waals surface area (Å²) in [5.74, 6) is 0. The van der Waals surface area contributed by atoms with Crippen LogP contribution in [0.2, 0.25) is 0 Å². The number of methoxy groups -OCH3 is 1. The largest absolute Gasteiger partial charge is 0.382 e. The van der Waals surface area contributed by atoms with Gasteiger partial charge in [-0.15, -0.1) is 11.3 Å². The van der Waals surface area contributed by atoms with Crippen LogP contribution in [0.5, 0.6) is 0 Å². The molecule has 20 heavy (non-hydrogen) atoms. The lowest BCUT2D eigenvalue weighted by atomic mass is 10.3. The van der Waals surface area contributed by atoms with Gasteiger partial charge < -0.3 is 14.2 Å². The fraction of sp³-hybridized carbons (Fsp3) is 0.786. The maximum Gasteiger partial charge on any atom is 0.0900 e. The van der Waals surface area contributed by atoms with Crippen LogP contribution < -0.4 is 0 Å². The number of hydrogen-bond donors (Lipinski definition) is 0. The molecule has 0 N–H and O–H groups in total. The maximum absolute atomic E-state index is 5.92. The zero-order valence-electron chi connectivity index (χ0n) is 12.3. The van der Waals surface area contributed by atoms with E-state index in [9.17, 15) is 0 Å². The molecular weight excluding hydrogens is 276 g/mol. The summed E-state index contributed by atoms with van der Waals surface area (Å²) in [6, 6.07) is 0. The molecule has 1 atom stereocenters. The Morgan fingerprint density at radius 3 is 3.05 bits per heavy atom. The molecule has 0 aromatic carbocycles. The van der Waals surface area contributed by atoms with E-state index in [-0.39, 0.29) is 0 Å². The number of aromatic nitrogens is 1. The molecule has 0 radical (unpaired) electrons. The van der Waals surface area contributed by atoms with Crippen molar-refractivity contribution < 1.29 is 14.2 Å². The van der Waals surface area contributed by atoms with Gasteiger partial charge in [-0.25, -0.2) is 4.98 Å². The van der Waals surface area contributed by atoms with E-state index in [1.165, 1.54) is 0 Å². The normalized spacial score (nSPS) is 19.8. The van der Waals surface area contributed by atoms with E-state index in [1.807, 2.05) is 6.92 Å². The molecule has 0 saturated carbocycles. The Kier molecular flexibility index (Phi) is 6.89. The van der Waals surface area contributed by atoms with Crippen LogP contribution in [-0.4, -0.2) is 62.6 Å². The number of nitrogens with zero attached hydrogens (tertiary/aromatic N) is 2. The molecule has 0 bridgehead atoms. The SMILES string of the molecule is COCCOCCN1CC[C@H](OCc2csc(C)n2)C1. The molecule has 1 fully saturated rings. The van der Waals surface area contributed by atoms with Crippen LogP contribution in [0.4, 0.5) is 0 Å². The molecule has 1 aliphatic rings. The third kappa shape index (κ3) is 5.46. The minimum Gasteiger partial charge on any atom is -0.382 e. The fourth-order valence-corrected chi connectivity index (χ4v) is 2.85. The van der Waals surface area contributed by atoms with Crippen molar-refractivity contribution in [2.75, 3.05) is 46.6 Å². The quantitative estimate of drug-likeness (QED) is 0.650. The Morgan fingerprint density at radius 2 is 2.30 bits per heavy atom. The predicted molar refractivity (Wildman–Crippen MR) is 79.2 cm³/mol. The van der Waals surface area contributed by atoms with Gasteiger partial charge in [0.1, 0.15) is 0 Å². The number of rotatable bonds is 9. The first kappa shape index (κ1) is 15.9. The van der Waals surface area contributed by atoms with E-state index in [2.05, 4.69) is 15.3 Å². The summed E-state index contributed by atoms with van der Waals surface area (Å²) in [7, 11) is 1.69. The van der Waals surface area contributed by atoms with Crippen molar-refractivity contribution in [1.29, 1.82) is 0 Å². The molecule has 0 unspecified atom stereocenters. The van der Waals surface area contributed by atoms with Gasteiger partial charge in [-0.1, -0.05) is 0 Å². The average Bonchev–Trinajstić information content (AvgIpc) is 3.05. The Labute approximate surface area is 124 Å². The minimum absolute atomic E-state index is 0.330. The summed E-state index contributed by atoms with van der Waals surface area (Å²) in [6.07, 6.45) is 1.43. The topological polar surface area (TPSA) is 43.8 Å². The lowest BCUT2D eigenvalue weighted by Crippen LogP contribution is -2.27. The molecule has 0 spiro atoms. The predicted octanol–water partition coefficient (Wildman–Crippen LogP) is 1.71. The third-order valence-corrected chi connectivity index (χ3v) is 4.17. The van der Waals surface area contributed by atoms with Gasteiger partial charge in [0.05, 0.1) is 43.2 Å². The second-order valence-electron chi connectivity index (χ2n) is 4.99. The molecule has 5 nitrogen and oxygen atoms in total. The monoisotopic (exact) mass is 300 g/mol. The van der Waals surface area contributed by atoms with Gasteiger partial charge in [0.15, 0.2) is 0 Å². The van der Waals surface area contributed by atoms with Crippen molar-refractivity contribution in [2.45, 2.75) is 26.1 Å². The van der Waals surface area contributed by atoms with Crippen molar-refractivity contribution >= 4 is 11.3 Å². The number of likely N-dealkylation sites (tertiary alicyclic amines) is 1. The van der Waals surface area contributed by atoms with Crippen LogP contribution in [0.25, 0.3) is 0 Å². The van der Waals surface area contributed by atoms with E-state index in [0.717, 1.165) is 43.4 Å². The summed E-state index contributed by atoms with van der Waals surface area (Å²) in [5.41, 5.74) is 1.05. The third-order valence-electron chi connectivity index (χ3n) is 3.35. The van der Waals surface area contributed by atoms with Crippen LogP contribution in [0.3, 0.4) is 0 Å². The fourth-order valence-electron chi connectivity index (χ4n) is 2.25. The zero-order chi connectivity index (χ0) is 14.2. The van der Waals surface area contributed by atoms with Crippen molar-refractivity contribution in [2.24, 2.45) is 0 Å². The van der Waals surface area contributed by atoms with Gasteiger partial charge in [-0.05, 0) is 13.3 Å². The van der Waals surface area contributed by atoms with E-state index in [4.69, 9.17) is 14.2 Å². The van der Waals surface area contributed by atoms with Crippen LogP contribution in [0.15, 0.2) is 5.38 Å². The smallest absolute Gasteiger partial charge is 0.0900 e. The Hall–Kier alpha value is -0.530. The van der Waals surface area contributed by atoms with E-state index in [1.54, 1.807) is 18.4 Å². The van der Waals surface area contributed by atoms with Gasteiger partial charge in [0.2, 0.25) is 0 Å². The van der Waals surface area contributed by atoms with Crippen molar-refractivity contribution in [1.82, 2.24) is 9.88 Å². The lowest BCUT2D eigenvalue weighted by molar-refractivity contribution is 0.0369. The molecule has 1 aromatic heterocycles. The lowest BCUT2D eigenvalue weighted by Gasteiger charge is -2.16. The molecule has 114 valence electrons. The van der Waals surface area contributed by atoms with Gasteiger partial charge in [-0.2, -0.15) is 0 Å². The summed E-state index contributed by atoms with van der Waals surface area (Å²) >= 11 is 1.68. The Balaban J connectivity index is 1.55. The highest BCUT2D eigenvalue weighted by Gasteiger charge is 2.22. The summed E-state index contributed by atoms with van der Waals surface area (Å²) in [6.45, 7) is 7.82. The molecule has 0 aliphatic carbocycles. The van der Waals surface area contributed by atoms with E-state index < -0.39 is 0 Å². The zero-order valence-corrected chi connectivity index (χ0v) is 13.2. The van der Waals surface area contributed by atoms with Crippen LogP contribution in [0, 0.1) is 6.92 Å². The number of thiazole rings is 1. The van der Waals surface area contributed by atoms with Gasteiger partial charge in [-0.3, -0.25) is 4.90 Å². The number of ether oxygens (including phenoxy) is 3. The highest BCUT2D eigenvalue weighted by atomic mass is 32.1. The highest BCUT2D eigenvalue weighted by Crippen LogP contribution is 2.15. The van der Waals surface area contributed by atoms with Crippen LogP contribution in [-0.2, 0) is 20.8 Å². The second kappa shape index (κ2) is 8.69. The first-order valence-electron chi connectivity index (χ1n) is 7.09. The van der Waals surface area contributed by atoms with Crippen LogP contribution in [0.1, 0.15) is 17.1 Å². The Bertz CT molecular complexity index is 386. The van der Waals surface area contributed by atoms with Crippen molar-refractivity contribution in [3.05, 3.63) is 16.1 Å². The molecule has 6 heteroatoms.